The Hall–Kier alpha value is -4.43. The zero-order valence-electron chi connectivity index (χ0n) is 18.9. The fourth-order valence-electron chi connectivity index (χ4n) is 4.03. The summed E-state index contributed by atoms with van der Waals surface area (Å²) >= 11 is 6.54. The van der Waals surface area contributed by atoms with Crippen LogP contribution in [0.4, 0.5) is 5.69 Å². The Morgan fingerprint density at radius 1 is 1.29 bits per heavy atom. The summed E-state index contributed by atoms with van der Waals surface area (Å²) < 4.78 is 7.38. The van der Waals surface area contributed by atoms with Crippen LogP contribution in [0.5, 0.6) is 5.75 Å². The van der Waals surface area contributed by atoms with Crippen LogP contribution in [0, 0.1) is 11.3 Å². The molecule has 0 saturated heterocycles. The van der Waals surface area contributed by atoms with Crippen LogP contribution in [0.3, 0.4) is 0 Å². The number of hydrogen-bond acceptors (Lipinski definition) is 8. The van der Waals surface area contributed by atoms with Crippen molar-refractivity contribution in [1.82, 2.24) is 24.5 Å². The van der Waals surface area contributed by atoms with Gasteiger partial charge >= 0.3 is 0 Å². The van der Waals surface area contributed by atoms with Crippen LogP contribution in [0.1, 0.15) is 51.9 Å². The van der Waals surface area contributed by atoms with Gasteiger partial charge in [-0.1, -0.05) is 41.9 Å². The summed E-state index contributed by atoms with van der Waals surface area (Å²) in [5.41, 5.74) is 0.424. The highest BCUT2D eigenvalue weighted by Gasteiger charge is 2.33. The van der Waals surface area contributed by atoms with Crippen LogP contribution in [-0.2, 0) is 14.1 Å². The minimum Gasteiger partial charge on any atom is -0.501 e. The first-order chi connectivity index (χ1) is 16.7. The van der Waals surface area contributed by atoms with Crippen molar-refractivity contribution in [3.8, 4) is 11.8 Å². The van der Waals surface area contributed by atoms with E-state index in [9.17, 15) is 20.0 Å². The molecule has 35 heavy (non-hydrogen) atoms. The minimum atomic E-state index is -0.815. The molecule has 3 aromatic heterocycles. The maximum Gasteiger partial charge on any atom is 0.296 e. The Balaban J connectivity index is 1.88. The average Bonchev–Trinajstić information content (AvgIpc) is 3.48. The molecule has 1 aromatic carbocycles. The number of carbonyl (C=O) groups is 1. The third-order valence-corrected chi connectivity index (χ3v) is 6.00. The normalized spacial score (nSPS) is 12.7. The molecule has 0 aliphatic rings. The number of hydrogen-bond donors (Lipinski definition) is 2. The van der Waals surface area contributed by atoms with Crippen molar-refractivity contribution in [2.24, 2.45) is 14.1 Å². The number of halogens is 1. The number of benzene rings is 1. The number of nitriles is 1. The molecule has 4 rings (SSSR count). The molecule has 2 atom stereocenters. The lowest BCUT2D eigenvalue weighted by Gasteiger charge is -2.26. The first kappa shape index (κ1) is 23.7. The number of aromatic hydroxyl groups is 1. The molecule has 3 heterocycles. The Bertz CT molecular complexity index is 1500. The van der Waals surface area contributed by atoms with E-state index in [1.165, 1.54) is 28.8 Å². The molecule has 0 aliphatic carbocycles. The first-order valence-electron chi connectivity index (χ1n) is 10.4. The number of nitrogens with one attached hydrogen (secondary N) is 1. The SMILES string of the molecule is C[C@@H](c1nc(C(=O)Nc2cnoc2)c(O)c(=O)n1C)[C@H](c1ccccc1Cl)c1cn(C)nc1C#N. The van der Waals surface area contributed by atoms with Crippen LogP contribution in [0.25, 0.3) is 0 Å². The molecular weight excluding hydrogens is 474 g/mol. The smallest absolute Gasteiger partial charge is 0.296 e. The molecule has 0 aliphatic heterocycles. The third-order valence-electron chi connectivity index (χ3n) is 5.65. The van der Waals surface area contributed by atoms with E-state index in [0.717, 1.165) is 0 Å². The fraction of sp³-hybridized carbons (Fsp3) is 0.217. The molecule has 2 N–H and O–H groups in total. The lowest BCUT2D eigenvalue weighted by Crippen LogP contribution is -2.29. The van der Waals surface area contributed by atoms with Gasteiger partial charge in [0, 0.05) is 42.7 Å². The second-order valence-electron chi connectivity index (χ2n) is 7.90. The first-order valence-corrected chi connectivity index (χ1v) is 10.8. The van der Waals surface area contributed by atoms with E-state index < -0.39 is 34.7 Å². The average molecular weight is 494 g/mol. The van der Waals surface area contributed by atoms with Crippen molar-refractivity contribution in [3.05, 3.63) is 86.6 Å². The van der Waals surface area contributed by atoms with Crippen molar-refractivity contribution >= 4 is 23.2 Å². The van der Waals surface area contributed by atoms with E-state index in [4.69, 9.17) is 16.1 Å². The van der Waals surface area contributed by atoms with E-state index in [1.54, 1.807) is 32.3 Å². The summed E-state index contributed by atoms with van der Waals surface area (Å²) in [6.45, 7) is 1.79. The number of aromatic nitrogens is 5. The van der Waals surface area contributed by atoms with Crippen molar-refractivity contribution in [2.45, 2.75) is 18.8 Å². The predicted molar refractivity (Wildman–Crippen MR) is 125 cm³/mol. The molecule has 0 saturated carbocycles. The van der Waals surface area contributed by atoms with Gasteiger partial charge in [-0.15, -0.1) is 0 Å². The summed E-state index contributed by atoms with van der Waals surface area (Å²) in [5, 5.41) is 30.8. The van der Waals surface area contributed by atoms with Gasteiger partial charge in [0.05, 0.1) is 6.20 Å². The highest BCUT2D eigenvalue weighted by molar-refractivity contribution is 6.31. The molecule has 0 unspecified atom stereocenters. The number of rotatable bonds is 6. The number of carbonyl (C=O) groups excluding carboxylic acids is 1. The lowest BCUT2D eigenvalue weighted by atomic mass is 9.81. The molecular formula is C23H20ClN7O4. The largest absolute Gasteiger partial charge is 0.501 e. The standard InChI is InChI=1S/C23H20ClN7O4/c1-12(18(14-6-4-5-7-16(14)24)15-10-30(2)29-17(15)8-25)21-28-19(20(32)23(34)31(21)3)22(33)27-13-9-26-35-11-13/h4-7,9-12,18,32H,1-3H3,(H,27,33)/t12-,18-/m1/s1. The van der Waals surface area contributed by atoms with E-state index in [2.05, 4.69) is 26.6 Å². The summed E-state index contributed by atoms with van der Waals surface area (Å²) in [6, 6.07) is 9.23. The molecule has 1 amide bonds. The Kier molecular flexibility index (Phi) is 6.40. The molecule has 0 fully saturated rings. The summed E-state index contributed by atoms with van der Waals surface area (Å²) in [7, 11) is 3.14. The highest BCUT2D eigenvalue weighted by Crippen LogP contribution is 2.41. The monoisotopic (exact) mass is 493 g/mol. The van der Waals surface area contributed by atoms with Crippen molar-refractivity contribution in [1.29, 1.82) is 5.26 Å². The van der Waals surface area contributed by atoms with Crippen molar-refractivity contribution in [2.75, 3.05) is 5.32 Å². The van der Waals surface area contributed by atoms with E-state index in [0.29, 0.717) is 16.1 Å². The van der Waals surface area contributed by atoms with Crippen molar-refractivity contribution < 1.29 is 14.4 Å². The van der Waals surface area contributed by atoms with Crippen LogP contribution in [0.15, 0.2) is 52.2 Å². The molecule has 12 heteroatoms. The third kappa shape index (κ3) is 4.39. The maximum atomic E-state index is 12.9. The van der Waals surface area contributed by atoms with Gasteiger partial charge in [0.15, 0.2) is 11.4 Å². The van der Waals surface area contributed by atoms with Gasteiger partial charge in [0.25, 0.3) is 11.5 Å². The van der Waals surface area contributed by atoms with Gasteiger partial charge in [-0.3, -0.25) is 18.8 Å². The quantitative estimate of drug-likeness (QED) is 0.416. The Labute approximate surface area is 204 Å². The van der Waals surface area contributed by atoms with E-state index in [1.807, 2.05) is 12.1 Å². The van der Waals surface area contributed by atoms with Gasteiger partial charge in [-0.25, -0.2) is 4.98 Å². The predicted octanol–water partition coefficient (Wildman–Crippen LogP) is 2.92. The second kappa shape index (κ2) is 9.44. The van der Waals surface area contributed by atoms with Crippen LogP contribution < -0.4 is 10.9 Å². The lowest BCUT2D eigenvalue weighted by molar-refractivity contribution is 0.101. The Morgan fingerprint density at radius 3 is 2.69 bits per heavy atom. The number of nitrogens with zero attached hydrogens (tertiary/aromatic N) is 6. The summed E-state index contributed by atoms with van der Waals surface area (Å²) in [6.07, 6.45) is 4.17. The topological polar surface area (TPSA) is 152 Å². The summed E-state index contributed by atoms with van der Waals surface area (Å²) in [5.74, 6) is -2.55. The zero-order valence-corrected chi connectivity index (χ0v) is 19.7. The molecule has 0 spiro atoms. The highest BCUT2D eigenvalue weighted by atomic mass is 35.5. The molecule has 178 valence electrons. The van der Waals surface area contributed by atoms with Gasteiger partial charge in [0.1, 0.15) is 23.8 Å². The number of aryl methyl sites for hydroxylation is 1. The number of anilines is 1. The summed E-state index contributed by atoms with van der Waals surface area (Å²) in [4.78, 5) is 30.1. The van der Waals surface area contributed by atoms with Crippen LogP contribution >= 0.6 is 11.6 Å². The van der Waals surface area contributed by atoms with Crippen LogP contribution in [0.2, 0.25) is 5.02 Å². The molecule has 4 aromatic rings. The van der Waals surface area contributed by atoms with E-state index in [-0.39, 0.29) is 17.2 Å². The zero-order chi connectivity index (χ0) is 25.3. The minimum absolute atomic E-state index is 0.193. The van der Waals surface area contributed by atoms with Gasteiger partial charge < -0.3 is 14.9 Å². The second-order valence-corrected chi connectivity index (χ2v) is 8.31. The van der Waals surface area contributed by atoms with E-state index >= 15 is 0 Å². The van der Waals surface area contributed by atoms with Crippen LogP contribution in [-0.4, -0.2) is 35.5 Å². The van der Waals surface area contributed by atoms with Crippen molar-refractivity contribution in [3.63, 3.8) is 0 Å². The Morgan fingerprint density at radius 2 is 2.03 bits per heavy atom. The molecule has 11 nitrogen and oxygen atoms in total. The van der Waals surface area contributed by atoms with Gasteiger partial charge in [-0.2, -0.15) is 10.4 Å². The maximum absolute atomic E-state index is 12.9. The van der Waals surface area contributed by atoms with Gasteiger partial charge in [-0.05, 0) is 11.6 Å². The number of amides is 1. The fourth-order valence-corrected chi connectivity index (χ4v) is 4.29. The molecule has 0 bridgehead atoms. The van der Waals surface area contributed by atoms with Gasteiger partial charge in [0.2, 0.25) is 5.75 Å². The molecule has 0 radical (unpaired) electrons.